The van der Waals surface area contributed by atoms with Crippen LogP contribution in [0.15, 0.2) is 16.8 Å². The SMILES string of the molecule is CC(Cc1ccsc1)NC(=O)NCCN(C)C. The zero-order valence-electron chi connectivity index (χ0n) is 10.7. The summed E-state index contributed by atoms with van der Waals surface area (Å²) in [5.74, 6) is 0. The van der Waals surface area contributed by atoms with Crippen molar-refractivity contribution >= 4 is 17.4 Å². The zero-order chi connectivity index (χ0) is 12.7. The molecule has 1 atom stereocenters. The zero-order valence-corrected chi connectivity index (χ0v) is 11.5. The van der Waals surface area contributed by atoms with Crippen LogP contribution in [0.25, 0.3) is 0 Å². The lowest BCUT2D eigenvalue weighted by Crippen LogP contribution is -2.43. The minimum absolute atomic E-state index is 0.0884. The predicted molar refractivity (Wildman–Crippen MR) is 72.6 cm³/mol. The van der Waals surface area contributed by atoms with Gasteiger partial charge >= 0.3 is 6.03 Å². The van der Waals surface area contributed by atoms with Crippen molar-refractivity contribution < 1.29 is 4.79 Å². The van der Waals surface area contributed by atoms with Crippen LogP contribution in [0.2, 0.25) is 0 Å². The van der Waals surface area contributed by atoms with Crippen LogP contribution >= 0.6 is 11.3 Å². The Hall–Kier alpha value is -1.07. The molecule has 0 radical (unpaired) electrons. The van der Waals surface area contributed by atoms with Crippen molar-refractivity contribution in [1.29, 1.82) is 0 Å². The Morgan fingerprint density at radius 2 is 2.29 bits per heavy atom. The maximum atomic E-state index is 11.5. The molecule has 96 valence electrons. The maximum Gasteiger partial charge on any atom is 0.315 e. The van der Waals surface area contributed by atoms with Gasteiger partial charge in [-0.1, -0.05) is 0 Å². The molecule has 1 unspecified atom stereocenters. The first kappa shape index (κ1) is 14.0. The lowest BCUT2D eigenvalue weighted by molar-refractivity contribution is 0.236. The first-order valence-electron chi connectivity index (χ1n) is 5.78. The summed E-state index contributed by atoms with van der Waals surface area (Å²) in [5, 5.41) is 9.93. The molecule has 5 heteroatoms. The van der Waals surface area contributed by atoms with E-state index in [1.54, 1.807) is 11.3 Å². The fourth-order valence-electron chi connectivity index (χ4n) is 1.48. The lowest BCUT2D eigenvalue weighted by Gasteiger charge is -2.15. The molecule has 2 N–H and O–H groups in total. The Morgan fingerprint density at radius 1 is 1.53 bits per heavy atom. The topological polar surface area (TPSA) is 44.4 Å². The molecule has 1 rings (SSSR count). The highest BCUT2D eigenvalue weighted by Crippen LogP contribution is 2.08. The van der Waals surface area contributed by atoms with E-state index in [0.29, 0.717) is 6.54 Å². The molecule has 0 aromatic carbocycles. The monoisotopic (exact) mass is 255 g/mol. The van der Waals surface area contributed by atoms with Gasteiger partial charge in [-0.2, -0.15) is 11.3 Å². The molecule has 1 aromatic heterocycles. The second kappa shape index (κ2) is 7.29. The lowest BCUT2D eigenvalue weighted by atomic mass is 10.1. The highest BCUT2D eigenvalue weighted by atomic mass is 32.1. The molecule has 1 heterocycles. The third-order valence-electron chi connectivity index (χ3n) is 2.34. The van der Waals surface area contributed by atoms with Crippen molar-refractivity contribution in [2.24, 2.45) is 0 Å². The number of hydrogen-bond acceptors (Lipinski definition) is 3. The molecule has 1 aromatic rings. The van der Waals surface area contributed by atoms with Crippen LogP contribution in [-0.4, -0.2) is 44.2 Å². The number of amides is 2. The molecule has 0 aliphatic carbocycles. The van der Waals surface area contributed by atoms with Gasteiger partial charge in [0, 0.05) is 19.1 Å². The predicted octanol–water partition coefficient (Wildman–Crippen LogP) is 1.54. The summed E-state index contributed by atoms with van der Waals surface area (Å²) in [7, 11) is 3.97. The van der Waals surface area contributed by atoms with E-state index in [2.05, 4.69) is 27.5 Å². The van der Waals surface area contributed by atoms with Gasteiger partial charge in [-0.05, 0) is 49.8 Å². The van der Waals surface area contributed by atoms with E-state index in [9.17, 15) is 4.79 Å². The second-order valence-electron chi connectivity index (χ2n) is 4.44. The van der Waals surface area contributed by atoms with Gasteiger partial charge in [0.1, 0.15) is 0 Å². The fourth-order valence-corrected chi connectivity index (χ4v) is 2.16. The molecule has 0 spiro atoms. The summed E-state index contributed by atoms with van der Waals surface area (Å²) in [4.78, 5) is 13.6. The van der Waals surface area contributed by atoms with Crippen molar-refractivity contribution in [3.63, 3.8) is 0 Å². The van der Waals surface area contributed by atoms with Crippen LogP contribution in [0.3, 0.4) is 0 Å². The fraction of sp³-hybridized carbons (Fsp3) is 0.583. The average molecular weight is 255 g/mol. The van der Waals surface area contributed by atoms with E-state index < -0.39 is 0 Å². The quantitative estimate of drug-likeness (QED) is 0.810. The van der Waals surface area contributed by atoms with E-state index in [-0.39, 0.29) is 12.1 Å². The van der Waals surface area contributed by atoms with Crippen LogP contribution < -0.4 is 10.6 Å². The van der Waals surface area contributed by atoms with E-state index >= 15 is 0 Å². The number of nitrogens with one attached hydrogen (secondary N) is 2. The summed E-state index contributed by atoms with van der Waals surface area (Å²) in [5.41, 5.74) is 1.27. The number of carbonyl (C=O) groups excluding carboxylic acids is 1. The molecule has 17 heavy (non-hydrogen) atoms. The van der Waals surface area contributed by atoms with Gasteiger partial charge in [0.05, 0.1) is 0 Å². The normalized spacial score (nSPS) is 12.5. The van der Waals surface area contributed by atoms with Crippen molar-refractivity contribution in [2.45, 2.75) is 19.4 Å². The first-order valence-corrected chi connectivity index (χ1v) is 6.72. The number of hydrogen-bond donors (Lipinski definition) is 2. The largest absolute Gasteiger partial charge is 0.337 e. The number of urea groups is 1. The Labute approximate surface area is 107 Å². The Balaban J connectivity index is 2.17. The number of likely N-dealkylation sites (N-methyl/N-ethyl adjacent to an activating group) is 1. The standard InChI is InChI=1S/C12H21N3OS/c1-10(8-11-4-7-17-9-11)14-12(16)13-5-6-15(2)3/h4,7,9-10H,5-6,8H2,1-3H3,(H2,13,14,16). The highest BCUT2D eigenvalue weighted by Gasteiger charge is 2.07. The molecular formula is C12H21N3OS. The van der Waals surface area contributed by atoms with Crippen LogP contribution in [0.4, 0.5) is 4.79 Å². The van der Waals surface area contributed by atoms with Crippen LogP contribution in [0, 0.1) is 0 Å². The smallest absolute Gasteiger partial charge is 0.315 e. The summed E-state index contributed by atoms with van der Waals surface area (Å²) < 4.78 is 0. The summed E-state index contributed by atoms with van der Waals surface area (Å²) >= 11 is 1.68. The van der Waals surface area contributed by atoms with Crippen LogP contribution in [0.5, 0.6) is 0 Å². The third kappa shape index (κ3) is 6.28. The first-order chi connectivity index (χ1) is 8.08. The van der Waals surface area contributed by atoms with Crippen molar-refractivity contribution in [2.75, 3.05) is 27.2 Å². The molecule has 0 fully saturated rings. The molecule has 4 nitrogen and oxygen atoms in total. The summed E-state index contributed by atoms with van der Waals surface area (Å²) in [6, 6.07) is 2.16. The highest BCUT2D eigenvalue weighted by molar-refractivity contribution is 7.07. The minimum Gasteiger partial charge on any atom is -0.337 e. The van der Waals surface area contributed by atoms with Gasteiger partial charge < -0.3 is 15.5 Å². The second-order valence-corrected chi connectivity index (χ2v) is 5.22. The Bertz CT molecular complexity index is 325. The summed E-state index contributed by atoms with van der Waals surface area (Å²) in [6.07, 6.45) is 0.880. The van der Waals surface area contributed by atoms with Gasteiger partial charge in [-0.25, -0.2) is 4.79 Å². The molecule has 2 amide bonds. The minimum atomic E-state index is -0.0884. The molecule has 0 aliphatic rings. The third-order valence-corrected chi connectivity index (χ3v) is 3.08. The van der Waals surface area contributed by atoms with Gasteiger partial charge in [0.15, 0.2) is 0 Å². The van der Waals surface area contributed by atoms with E-state index in [0.717, 1.165) is 13.0 Å². The van der Waals surface area contributed by atoms with Crippen LogP contribution in [-0.2, 0) is 6.42 Å². The van der Waals surface area contributed by atoms with E-state index in [1.165, 1.54) is 5.56 Å². The molecule has 0 saturated heterocycles. The van der Waals surface area contributed by atoms with E-state index in [4.69, 9.17) is 0 Å². The van der Waals surface area contributed by atoms with Gasteiger partial charge in [0.25, 0.3) is 0 Å². The van der Waals surface area contributed by atoms with E-state index in [1.807, 2.05) is 25.9 Å². The molecule has 0 saturated carbocycles. The summed E-state index contributed by atoms with van der Waals surface area (Å²) in [6.45, 7) is 3.54. The Morgan fingerprint density at radius 3 is 2.88 bits per heavy atom. The number of rotatable bonds is 6. The van der Waals surface area contributed by atoms with Gasteiger partial charge in [0.2, 0.25) is 0 Å². The molecular weight excluding hydrogens is 234 g/mol. The van der Waals surface area contributed by atoms with Crippen LogP contribution in [0.1, 0.15) is 12.5 Å². The van der Waals surface area contributed by atoms with Crippen molar-refractivity contribution in [1.82, 2.24) is 15.5 Å². The number of carbonyl (C=O) groups is 1. The Kier molecular flexibility index (Phi) is 6.00. The van der Waals surface area contributed by atoms with Crippen molar-refractivity contribution in [3.8, 4) is 0 Å². The number of nitrogens with zero attached hydrogens (tertiary/aromatic N) is 1. The van der Waals surface area contributed by atoms with Gasteiger partial charge in [-0.15, -0.1) is 0 Å². The molecule has 0 aliphatic heterocycles. The average Bonchev–Trinajstić information content (AvgIpc) is 2.69. The van der Waals surface area contributed by atoms with Gasteiger partial charge in [-0.3, -0.25) is 0 Å². The number of thiophene rings is 1. The van der Waals surface area contributed by atoms with Crippen molar-refractivity contribution in [3.05, 3.63) is 22.4 Å². The molecule has 0 bridgehead atoms. The maximum absolute atomic E-state index is 11.5.